The summed E-state index contributed by atoms with van der Waals surface area (Å²) in [6, 6.07) is 18.4. The van der Waals surface area contributed by atoms with E-state index >= 15 is 0 Å². The first-order valence-electron chi connectivity index (χ1n) is 12.6. The van der Waals surface area contributed by atoms with Crippen molar-refractivity contribution in [2.24, 2.45) is 0 Å². The minimum atomic E-state index is -0.909. The summed E-state index contributed by atoms with van der Waals surface area (Å²) in [5, 5.41) is 15.1. The van der Waals surface area contributed by atoms with Crippen molar-refractivity contribution in [3.63, 3.8) is 0 Å². The van der Waals surface area contributed by atoms with Crippen molar-refractivity contribution >= 4 is 40.8 Å². The second-order valence-corrected chi connectivity index (χ2v) is 11.2. The molecule has 8 heteroatoms. The summed E-state index contributed by atoms with van der Waals surface area (Å²) in [7, 11) is 0. The lowest BCUT2D eigenvalue weighted by molar-refractivity contribution is 0.0697. The number of hydrogen-bond donors (Lipinski definition) is 1. The van der Waals surface area contributed by atoms with Gasteiger partial charge in [-0.05, 0) is 85.0 Å². The highest BCUT2D eigenvalue weighted by Gasteiger charge is 2.34. The maximum Gasteiger partial charge on any atom is 0.335 e. The molecule has 4 aromatic rings. The summed E-state index contributed by atoms with van der Waals surface area (Å²) in [5.41, 5.74) is 4.69. The zero-order valence-corrected chi connectivity index (χ0v) is 22.6. The van der Waals surface area contributed by atoms with E-state index in [9.17, 15) is 4.79 Å². The zero-order chi connectivity index (χ0) is 26.4. The standard InChI is InChI=1S/C30H24Cl3NO4/c31-24-2-1-3-25(32)27(24)28-23(29(38-34-28)17-6-7-17)15-37-21-10-11-22(26(33)14-21)20-12-19(13-20)16-4-8-18(9-5-16)30(35)36/h1-5,8-11,14,17,19-20H,6-7,12-13,15H2,(H,35,36). The average molecular weight is 569 g/mol. The molecule has 38 heavy (non-hydrogen) atoms. The number of hydrogen-bond acceptors (Lipinski definition) is 4. The lowest BCUT2D eigenvalue weighted by Gasteiger charge is -2.36. The number of nitrogens with zero attached hydrogens (tertiary/aromatic N) is 1. The second kappa shape index (κ2) is 10.3. The first-order valence-corrected chi connectivity index (χ1v) is 13.7. The summed E-state index contributed by atoms with van der Waals surface area (Å²) in [6.07, 6.45) is 4.06. The predicted molar refractivity (Wildman–Crippen MR) is 148 cm³/mol. The Bertz CT molecular complexity index is 1480. The van der Waals surface area contributed by atoms with Gasteiger partial charge in [0, 0.05) is 16.5 Å². The number of ether oxygens (including phenoxy) is 1. The molecule has 194 valence electrons. The predicted octanol–water partition coefficient (Wildman–Crippen LogP) is 9.12. The topological polar surface area (TPSA) is 72.6 Å². The van der Waals surface area contributed by atoms with Crippen molar-refractivity contribution in [2.75, 3.05) is 0 Å². The van der Waals surface area contributed by atoms with Crippen molar-refractivity contribution in [2.45, 2.75) is 50.0 Å². The Labute approximate surface area is 235 Å². The molecule has 5 nitrogen and oxygen atoms in total. The van der Waals surface area contributed by atoms with Crippen LogP contribution in [0.1, 0.15) is 76.2 Å². The van der Waals surface area contributed by atoms with E-state index < -0.39 is 5.97 Å². The van der Waals surface area contributed by atoms with Crippen LogP contribution in [0.15, 0.2) is 65.2 Å². The van der Waals surface area contributed by atoms with E-state index in [1.807, 2.05) is 30.3 Å². The minimum Gasteiger partial charge on any atom is -0.489 e. The number of rotatable bonds is 8. The molecule has 1 N–H and O–H groups in total. The van der Waals surface area contributed by atoms with Gasteiger partial charge in [-0.3, -0.25) is 0 Å². The van der Waals surface area contributed by atoms with Crippen molar-refractivity contribution in [3.05, 3.63) is 104 Å². The van der Waals surface area contributed by atoms with Gasteiger partial charge >= 0.3 is 5.97 Å². The molecule has 2 aliphatic carbocycles. The normalized spacial score (nSPS) is 18.7. The number of carboxylic acid groups (broad SMARTS) is 1. The molecular weight excluding hydrogens is 545 g/mol. The molecule has 0 atom stereocenters. The first kappa shape index (κ1) is 25.3. The van der Waals surface area contributed by atoms with E-state index in [0.29, 0.717) is 55.4 Å². The van der Waals surface area contributed by atoms with Gasteiger partial charge in [-0.25, -0.2) is 4.79 Å². The molecule has 0 unspecified atom stereocenters. The first-order chi connectivity index (χ1) is 18.4. The van der Waals surface area contributed by atoms with Crippen LogP contribution in [0.5, 0.6) is 5.75 Å². The van der Waals surface area contributed by atoms with Crippen molar-refractivity contribution in [3.8, 4) is 17.0 Å². The van der Waals surface area contributed by atoms with Crippen LogP contribution in [-0.4, -0.2) is 16.2 Å². The van der Waals surface area contributed by atoms with E-state index in [-0.39, 0.29) is 6.61 Å². The van der Waals surface area contributed by atoms with Crippen LogP contribution >= 0.6 is 34.8 Å². The molecule has 1 heterocycles. The molecule has 0 radical (unpaired) electrons. The fraction of sp³-hybridized carbons (Fsp3) is 0.267. The minimum absolute atomic E-state index is 0.264. The highest BCUT2D eigenvalue weighted by molar-refractivity contribution is 6.39. The Hall–Kier alpha value is -2.99. The van der Waals surface area contributed by atoms with Crippen LogP contribution in [0, 0.1) is 0 Å². The molecule has 6 rings (SSSR count). The summed E-state index contributed by atoms with van der Waals surface area (Å²) in [4.78, 5) is 11.1. The van der Waals surface area contributed by atoms with Crippen molar-refractivity contribution in [1.82, 2.24) is 5.16 Å². The van der Waals surface area contributed by atoms with Gasteiger partial charge in [0.1, 0.15) is 23.8 Å². The fourth-order valence-corrected chi connectivity index (χ4v) is 6.08. The van der Waals surface area contributed by atoms with Gasteiger partial charge in [0.2, 0.25) is 0 Å². The monoisotopic (exact) mass is 567 g/mol. The molecule has 0 spiro atoms. The Kier molecular flexibility index (Phi) is 6.85. The van der Waals surface area contributed by atoms with Gasteiger partial charge in [0.25, 0.3) is 0 Å². The lowest BCUT2D eigenvalue weighted by Crippen LogP contribution is -2.20. The molecule has 2 aliphatic rings. The smallest absolute Gasteiger partial charge is 0.335 e. The van der Waals surface area contributed by atoms with E-state index in [1.54, 1.807) is 30.3 Å². The molecule has 0 aliphatic heterocycles. The summed E-state index contributed by atoms with van der Waals surface area (Å²) in [6.45, 7) is 0.264. The van der Waals surface area contributed by atoms with Crippen LogP contribution in [0.3, 0.4) is 0 Å². The summed E-state index contributed by atoms with van der Waals surface area (Å²) < 4.78 is 11.9. The Balaban J connectivity index is 1.15. The van der Waals surface area contributed by atoms with Gasteiger partial charge in [0.05, 0.1) is 21.2 Å². The van der Waals surface area contributed by atoms with Crippen LogP contribution in [0.2, 0.25) is 15.1 Å². The Morgan fingerprint density at radius 2 is 1.63 bits per heavy atom. The number of aromatic carboxylic acids is 1. The fourth-order valence-electron chi connectivity index (χ4n) is 5.17. The SMILES string of the molecule is O=C(O)c1ccc(C2CC(c3ccc(OCc4c(-c5c(Cl)cccc5Cl)noc4C4CC4)cc3Cl)C2)cc1. The molecule has 3 aromatic carbocycles. The Morgan fingerprint density at radius 3 is 2.26 bits per heavy atom. The third-order valence-electron chi connectivity index (χ3n) is 7.53. The molecule has 0 amide bonds. The van der Waals surface area contributed by atoms with Gasteiger partial charge in [-0.15, -0.1) is 0 Å². The number of carboxylic acids is 1. The van der Waals surface area contributed by atoms with Crippen LogP contribution in [0.4, 0.5) is 0 Å². The number of carbonyl (C=O) groups is 1. The average Bonchev–Trinajstić information content (AvgIpc) is 3.63. The van der Waals surface area contributed by atoms with Gasteiger partial charge < -0.3 is 14.4 Å². The lowest BCUT2D eigenvalue weighted by atomic mass is 9.68. The van der Waals surface area contributed by atoms with Crippen LogP contribution in [0.25, 0.3) is 11.3 Å². The van der Waals surface area contributed by atoms with Gasteiger partial charge in [-0.1, -0.05) is 64.2 Å². The van der Waals surface area contributed by atoms with E-state index in [1.165, 1.54) is 0 Å². The zero-order valence-electron chi connectivity index (χ0n) is 20.3. The number of aromatic nitrogens is 1. The molecule has 0 saturated heterocycles. The molecule has 1 aromatic heterocycles. The van der Waals surface area contributed by atoms with Crippen LogP contribution in [-0.2, 0) is 6.61 Å². The van der Waals surface area contributed by atoms with Gasteiger partial charge in [-0.2, -0.15) is 0 Å². The molecular formula is C30H24Cl3NO4. The van der Waals surface area contributed by atoms with Gasteiger partial charge in [0.15, 0.2) is 0 Å². The summed E-state index contributed by atoms with van der Waals surface area (Å²) in [5.74, 6) is 1.69. The third kappa shape index (κ3) is 4.91. The number of halogens is 3. The highest BCUT2D eigenvalue weighted by atomic mass is 35.5. The Morgan fingerprint density at radius 1 is 0.921 bits per heavy atom. The van der Waals surface area contributed by atoms with Crippen molar-refractivity contribution < 1.29 is 19.2 Å². The maximum atomic E-state index is 11.1. The van der Waals surface area contributed by atoms with E-state index in [2.05, 4.69) is 5.16 Å². The van der Waals surface area contributed by atoms with Crippen molar-refractivity contribution in [1.29, 1.82) is 0 Å². The summed E-state index contributed by atoms with van der Waals surface area (Å²) >= 11 is 19.6. The number of benzene rings is 3. The van der Waals surface area contributed by atoms with E-state index in [0.717, 1.165) is 48.1 Å². The third-order valence-corrected chi connectivity index (χ3v) is 8.49. The largest absolute Gasteiger partial charge is 0.489 e. The molecule has 2 saturated carbocycles. The molecule has 0 bridgehead atoms. The van der Waals surface area contributed by atoms with E-state index in [4.69, 9.17) is 49.2 Å². The van der Waals surface area contributed by atoms with Crippen LogP contribution < -0.4 is 4.74 Å². The maximum absolute atomic E-state index is 11.1. The highest BCUT2D eigenvalue weighted by Crippen LogP contribution is 2.50. The molecule has 2 fully saturated rings. The quantitative estimate of drug-likeness (QED) is 0.229. The second-order valence-electron chi connectivity index (χ2n) is 10.0.